The van der Waals surface area contributed by atoms with E-state index in [2.05, 4.69) is 54.7 Å². The van der Waals surface area contributed by atoms with Crippen molar-refractivity contribution in [2.75, 3.05) is 11.9 Å². The number of fused-ring (bicyclic) bond motifs is 1. The smallest absolute Gasteiger partial charge is 0.142 e. The summed E-state index contributed by atoms with van der Waals surface area (Å²) in [6, 6.07) is 15.5. The predicted molar refractivity (Wildman–Crippen MR) is 83.5 cm³/mol. The van der Waals surface area contributed by atoms with Crippen LogP contribution in [0.2, 0.25) is 0 Å². The molecule has 0 heterocycles. The van der Waals surface area contributed by atoms with Crippen LogP contribution in [0.1, 0.15) is 36.1 Å². The molecule has 0 saturated carbocycles. The Morgan fingerprint density at radius 2 is 2.05 bits per heavy atom. The number of hydrogen-bond donors (Lipinski definition) is 1. The predicted octanol–water partition coefficient (Wildman–Crippen LogP) is 4.49. The Bertz CT molecular complexity index is 606. The van der Waals surface area contributed by atoms with Crippen molar-refractivity contribution < 1.29 is 4.74 Å². The zero-order chi connectivity index (χ0) is 13.9. The number of aryl methyl sites for hydroxylation is 2. The van der Waals surface area contributed by atoms with Gasteiger partial charge in [-0.1, -0.05) is 30.3 Å². The third kappa shape index (κ3) is 2.51. The molecule has 0 aromatic heterocycles. The molecule has 20 heavy (non-hydrogen) atoms. The van der Waals surface area contributed by atoms with Crippen LogP contribution in [0.3, 0.4) is 0 Å². The van der Waals surface area contributed by atoms with Crippen LogP contribution in [-0.2, 0) is 6.42 Å². The molecule has 1 aliphatic rings. The van der Waals surface area contributed by atoms with Gasteiger partial charge < -0.3 is 10.1 Å². The quantitative estimate of drug-likeness (QED) is 0.881. The fourth-order valence-corrected chi connectivity index (χ4v) is 2.92. The summed E-state index contributed by atoms with van der Waals surface area (Å²) < 4.78 is 5.75. The van der Waals surface area contributed by atoms with E-state index < -0.39 is 0 Å². The lowest BCUT2D eigenvalue weighted by Gasteiger charge is -2.19. The molecule has 1 N–H and O–H groups in total. The Hall–Kier alpha value is -1.96. The van der Waals surface area contributed by atoms with Gasteiger partial charge in [0.05, 0.1) is 18.3 Å². The van der Waals surface area contributed by atoms with E-state index in [1.165, 1.54) is 16.7 Å². The Balaban J connectivity index is 1.85. The Kier molecular flexibility index (Phi) is 3.64. The summed E-state index contributed by atoms with van der Waals surface area (Å²) >= 11 is 0. The van der Waals surface area contributed by atoms with Gasteiger partial charge in [0.25, 0.3) is 0 Å². The minimum atomic E-state index is 0.396. The summed E-state index contributed by atoms with van der Waals surface area (Å²) in [5, 5.41) is 3.65. The highest BCUT2D eigenvalue weighted by atomic mass is 16.5. The standard InChI is InChI=1S/C18H21NO/c1-3-20-18-12-13(2)8-10-17(18)19-16-11-9-14-6-4-5-7-15(14)16/h4-8,10,12,16,19H,3,9,11H2,1-2H3. The highest BCUT2D eigenvalue weighted by Gasteiger charge is 2.22. The first kappa shape index (κ1) is 13.0. The van der Waals surface area contributed by atoms with E-state index in [1.54, 1.807) is 0 Å². The number of ether oxygens (including phenoxy) is 1. The molecular formula is C18H21NO. The van der Waals surface area contributed by atoms with E-state index >= 15 is 0 Å². The molecule has 0 amide bonds. The van der Waals surface area contributed by atoms with Gasteiger partial charge in [0.15, 0.2) is 0 Å². The summed E-state index contributed by atoms with van der Waals surface area (Å²) in [4.78, 5) is 0. The largest absolute Gasteiger partial charge is 0.492 e. The fourth-order valence-electron chi connectivity index (χ4n) is 2.92. The zero-order valence-corrected chi connectivity index (χ0v) is 12.1. The minimum Gasteiger partial charge on any atom is -0.492 e. The monoisotopic (exact) mass is 267 g/mol. The lowest BCUT2D eigenvalue weighted by atomic mass is 10.1. The van der Waals surface area contributed by atoms with Gasteiger partial charge in [-0.3, -0.25) is 0 Å². The first-order valence-corrected chi connectivity index (χ1v) is 7.35. The molecule has 2 aromatic rings. The molecule has 1 atom stereocenters. The van der Waals surface area contributed by atoms with Crippen LogP contribution in [0.4, 0.5) is 5.69 Å². The SMILES string of the molecule is CCOc1cc(C)ccc1NC1CCc2ccccc21. The molecule has 2 aromatic carbocycles. The van der Waals surface area contributed by atoms with Crippen LogP contribution in [0.5, 0.6) is 5.75 Å². The van der Waals surface area contributed by atoms with Crippen LogP contribution in [0.15, 0.2) is 42.5 Å². The van der Waals surface area contributed by atoms with Gasteiger partial charge in [-0.05, 0) is 55.5 Å². The first-order chi connectivity index (χ1) is 9.78. The molecule has 2 heteroatoms. The van der Waals surface area contributed by atoms with Crippen LogP contribution in [-0.4, -0.2) is 6.61 Å². The van der Waals surface area contributed by atoms with Crippen molar-refractivity contribution in [2.24, 2.45) is 0 Å². The van der Waals surface area contributed by atoms with E-state index in [4.69, 9.17) is 4.74 Å². The summed E-state index contributed by atoms with van der Waals surface area (Å²) in [6.45, 7) is 4.81. The van der Waals surface area contributed by atoms with E-state index in [9.17, 15) is 0 Å². The van der Waals surface area contributed by atoms with Gasteiger partial charge in [-0.15, -0.1) is 0 Å². The molecule has 0 spiro atoms. The molecule has 2 nitrogen and oxygen atoms in total. The first-order valence-electron chi connectivity index (χ1n) is 7.35. The maximum absolute atomic E-state index is 5.75. The third-order valence-corrected chi connectivity index (χ3v) is 3.90. The molecule has 0 saturated heterocycles. The average molecular weight is 267 g/mol. The summed E-state index contributed by atoms with van der Waals surface area (Å²) in [6.07, 6.45) is 2.31. The van der Waals surface area contributed by atoms with Gasteiger partial charge in [-0.2, -0.15) is 0 Å². The van der Waals surface area contributed by atoms with Gasteiger partial charge in [0.1, 0.15) is 5.75 Å². The van der Waals surface area contributed by atoms with Crippen molar-refractivity contribution in [1.82, 2.24) is 0 Å². The molecule has 0 aliphatic heterocycles. The maximum Gasteiger partial charge on any atom is 0.142 e. The average Bonchev–Trinajstić information content (AvgIpc) is 2.86. The van der Waals surface area contributed by atoms with Gasteiger partial charge >= 0.3 is 0 Å². The molecule has 1 unspecified atom stereocenters. The van der Waals surface area contributed by atoms with Gasteiger partial charge in [0.2, 0.25) is 0 Å². The van der Waals surface area contributed by atoms with Crippen LogP contribution in [0.25, 0.3) is 0 Å². The molecule has 0 fully saturated rings. The molecular weight excluding hydrogens is 246 g/mol. The normalized spacial score (nSPS) is 16.8. The Labute approximate surface area is 120 Å². The molecule has 3 rings (SSSR count). The third-order valence-electron chi connectivity index (χ3n) is 3.90. The molecule has 1 aliphatic carbocycles. The Morgan fingerprint density at radius 1 is 1.20 bits per heavy atom. The van der Waals surface area contributed by atoms with Crippen molar-refractivity contribution >= 4 is 5.69 Å². The molecule has 104 valence electrons. The maximum atomic E-state index is 5.75. The number of hydrogen-bond acceptors (Lipinski definition) is 2. The Morgan fingerprint density at radius 3 is 2.90 bits per heavy atom. The minimum absolute atomic E-state index is 0.396. The lowest BCUT2D eigenvalue weighted by Crippen LogP contribution is -2.08. The van der Waals surface area contributed by atoms with E-state index in [0.717, 1.165) is 24.3 Å². The molecule has 0 radical (unpaired) electrons. The summed E-state index contributed by atoms with van der Waals surface area (Å²) in [7, 11) is 0. The summed E-state index contributed by atoms with van der Waals surface area (Å²) in [5.74, 6) is 0.955. The van der Waals surface area contributed by atoms with Crippen molar-refractivity contribution in [3.05, 3.63) is 59.2 Å². The highest BCUT2D eigenvalue weighted by molar-refractivity contribution is 5.59. The second-order valence-corrected chi connectivity index (χ2v) is 5.37. The number of anilines is 1. The van der Waals surface area contributed by atoms with Crippen LogP contribution in [0, 0.1) is 6.92 Å². The van der Waals surface area contributed by atoms with E-state index in [0.29, 0.717) is 12.6 Å². The second kappa shape index (κ2) is 5.58. The highest BCUT2D eigenvalue weighted by Crippen LogP contribution is 2.36. The number of benzene rings is 2. The van der Waals surface area contributed by atoms with Crippen molar-refractivity contribution in [1.29, 1.82) is 0 Å². The summed E-state index contributed by atoms with van der Waals surface area (Å²) in [5.41, 5.74) is 5.22. The van der Waals surface area contributed by atoms with Crippen molar-refractivity contribution in [3.63, 3.8) is 0 Å². The van der Waals surface area contributed by atoms with Crippen molar-refractivity contribution in [2.45, 2.75) is 32.7 Å². The lowest BCUT2D eigenvalue weighted by molar-refractivity contribution is 0.341. The van der Waals surface area contributed by atoms with E-state index in [1.807, 2.05) is 6.92 Å². The zero-order valence-electron chi connectivity index (χ0n) is 12.1. The topological polar surface area (TPSA) is 21.3 Å². The van der Waals surface area contributed by atoms with Crippen LogP contribution < -0.4 is 10.1 Å². The van der Waals surface area contributed by atoms with E-state index in [-0.39, 0.29) is 0 Å². The van der Waals surface area contributed by atoms with Gasteiger partial charge in [-0.25, -0.2) is 0 Å². The van der Waals surface area contributed by atoms with Gasteiger partial charge in [0, 0.05) is 0 Å². The molecule has 0 bridgehead atoms. The van der Waals surface area contributed by atoms with Crippen LogP contribution >= 0.6 is 0 Å². The fraction of sp³-hybridized carbons (Fsp3) is 0.333. The number of rotatable bonds is 4. The second-order valence-electron chi connectivity index (χ2n) is 5.37. The van der Waals surface area contributed by atoms with Crippen molar-refractivity contribution in [3.8, 4) is 5.75 Å². The number of nitrogens with one attached hydrogen (secondary N) is 1.